The van der Waals surface area contributed by atoms with E-state index in [4.69, 9.17) is 15.2 Å². The Balaban J connectivity index is 0.000000334. The highest BCUT2D eigenvalue weighted by atomic mass is 32.1. The van der Waals surface area contributed by atoms with Crippen LogP contribution in [0.1, 0.15) is 30.4 Å². The molecule has 0 radical (unpaired) electrons. The average molecular weight is 681 g/mol. The maximum absolute atomic E-state index is 16.3. The van der Waals surface area contributed by atoms with E-state index in [1.54, 1.807) is 6.07 Å². The molecule has 4 aromatic rings. The summed E-state index contributed by atoms with van der Waals surface area (Å²) < 4.78 is 112. The van der Waals surface area contributed by atoms with Gasteiger partial charge in [-0.2, -0.15) is 28.4 Å². The molecular weight excluding hydrogens is 653 g/mol. The predicted octanol–water partition coefficient (Wildman–Crippen LogP) is 6.39. The van der Waals surface area contributed by atoms with Gasteiger partial charge in [0.05, 0.1) is 35.6 Å². The second-order valence-corrected chi connectivity index (χ2v) is 13.0. The molecule has 2 bridgehead atoms. The van der Waals surface area contributed by atoms with Crippen molar-refractivity contribution in [3.8, 4) is 23.2 Å². The number of fused-ring (bicyclic) bond motifs is 5. The van der Waals surface area contributed by atoms with Gasteiger partial charge in [0, 0.05) is 35.5 Å². The number of alkyl halides is 5. The molecule has 4 saturated heterocycles. The topological polar surface area (TPSA) is 101 Å². The molecule has 16 heteroatoms. The molecule has 8 nitrogen and oxygen atoms in total. The number of nitriles is 1. The fourth-order valence-electron chi connectivity index (χ4n) is 7.17. The van der Waals surface area contributed by atoms with E-state index >= 15 is 4.39 Å². The van der Waals surface area contributed by atoms with E-state index in [0.29, 0.717) is 30.0 Å². The number of anilines is 2. The Morgan fingerprint density at radius 3 is 2.60 bits per heavy atom. The van der Waals surface area contributed by atoms with Crippen molar-refractivity contribution in [2.45, 2.75) is 56.0 Å². The van der Waals surface area contributed by atoms with E-state index in [0.717, 1.165) is 25.1 Å². The number of nitrogens with zero attached hydrogens (tertiary/aromatic N) is 5. The van der Waals surface area contributed by atoms with Crippen LogP contribution in [0.3, 0.4) is 0 Å². The van der Waals surface area contributed by atoms with Crippen molar-refractivity contribution in [1.82, 2.24) is 14.9 Å². The number of aromatic nitrogens is 2. The molecule has 2 aromatic carbocycles. The summed E-state index contributed by atoms with van der Waals surface area (Å²) in [6, 6.07) is 3.73. The molecule has 8 rings (SSSR count). The summed E-state index contributed by atoms with van der Waals surface area (Å²) in [6.45, 7) is 1.83. The van der Waals surface area contributed by atoms with E-state index in [-0.39, 0.29) is 56.6 Å². The predicted molar refractivity (Wildman–Crippen MR) is 161 cm³/mol. The molecule has 47 heavy (non-hydrogen) atoms. The standard InChI is InChI=1S/C24H15F6N5O2S.C7H12FN/c1-36-23-33-19-9(22(34-23)35-6-14-17(26)13(35)7-37-14)4-11(24(28,29)30)16(18(19)27)8-2-3-12(25)20-15(8)10(5-31)21(32)38-20;8-6-4-7-2-1-3-9(7)5-6/h2-4,13-14,17H,6-7,32H2,1H3;6-7H,1-5H2. The first-order valence-electron chi connectivity index (χ1n) is 14.9. The number of halogens is 7. The average Bonchev–Trinajstić information content (AvgIpc) is 3.84. The van der Waals surface area contributed by atoms with E-state index in [1.165, 1.54) is 24.9 Å². The number of morpholine rings is 1. The number of hydrogen-bond donors (Lipinski definition) is 1. The lowest BCUT2D eigenvalue weighted by Crippen LogP contribution is -2.38. The van der Waals surface area contributed by atoms with Crippen LogP contribution in [-0.4, -0.2) is 78.7 Å². The third-order valence-electron chi connectivity index (χ3n) is 9.29. The van der Waals surface area contributed by atoms with E-state index in [2.05, 4.69) is 14.9 Å². The monoisotopic (exact) mass is 680 g/mol. The lowest BCUT2D eigenvalue weighted by Gasteiger charge is -2.29. The zero-order valence-corrected chi connectivity index (χ0v) is 25.6. The SMILES string of the molecule is COc1nc(N2CC3OCC2C3F)c2cc(C(F)(F)F)c(-c3ccc(F)c4sc(N)c(C#N)c34)c(F)c2n1.FC1CC2CCCN2C1. The summed E-state index contributed by atoms with van der Waals surface area (Å²) >= 11 is 0.671. The fourth-order valence-corrected chi connectivity index (χ4v) is 8.11. The van der Waals surface area contributed by atoms with Crippen LogP contribution in [0.25, 0.3) is 32.1 Å². The molecule has 248 valence electrons. The smallest absolute Gasteiger partial charge is 0.417 e. The normalized spacial score (nSPS) is 25.3. The summed E-state index contributed by atoms with van der Waals surface area (Å²) in [5.74, 6) is -2.35. The van der Waals surface area contributed by atoms with Crippen LogP contribution in [0.15, 0.2) is 18.2 Å². The maximum Gasteiger partial charge on any atom is 0.417 e. The van der Waals surface area contributed by atoms with Gasteiger partial charge >= 0.3 is 12.2 Å². The van der Waals surface area contributed by atoms with Gasteiger partial charge in [0.25, 0.3) is 0 Å². The molecule has 4 fully saturated rings. The Morgan fingerprint density at radius 1 is 1.17 bits per heavy atom. The third kappa shape index (κ3) is 5.19. The molecule has 0 saturated carbocycles. The van der Waals surface area contributed by atoms with Crippen LogP contribution in [0.5, 0.6) is 6.01 Å². The first-order valence-corrected chi connectivity index (χ1v) is 15.7. The molecular formula is C31H27F7N6O2S. The minimum atomic E-state index is -5.09. The Labute approximate surface area is 267 Å². The van der Waals surface area contributed by atoms with Crippen LogP contribution in [0.4, 0.5) is 41.6 Å². The summed E-state index contributed by atoms with van der Waals surface area (Å²) in [7, 11) is 1.20. The Hall–Kier alpha value is -3.94. The highest BCUT2D eigenvalue weighted by Gasteiger charge is 2.50. The van der Waals surface area contributed by atoms with Gasteiger partial charge in [-0.3, -0.25) is 4.90 Å². The van der Waals surface area contributed by atoms with Crippen LogP contribution < -0.4 is 15.4 Å². The summed E-state index contributed by atoms with van der Waals surface area (Å²) in [6.07, 6.45) is -4.49. The summed E-state index contributed by atoms with van der Waals surface area (Å²) in [5.41, 5.74) is 2.32. The minimum absolute atomic E-state index is 0.00980. The Bertz CT molecular complexity index is 1920. The van der Waals surface area contributed by atoms with Gasteiger partial charge in [0.15, 0.2) is 12.0 Å². The Morgan fingerprint density at radius 2 is 1.96 bits per heavy atom. The van der Waals surface area contributed by atoms with E-state index in [1.807, 2.05) is 0 Å². The van der Waals surface area contributed by atoms with E-state index in [9.17, 15) is 31.6 Å². The minimum Gasteiger partial charge on any atom is -0.467 e. The lowest BCUT2D eigenvalue weighted by molar-refractivity contribution is -0.137. The highest BCUT2D eigenvalue weighted by molar-refractivity contribution is 7.23. The molecule has 2 aromatic heterocycles. The number of nitrogen functional groups attached to an aromatic ring is 1. The second-order valence-electron chi connectivity index (χ2n) is 12.0. The Kier molecular flexibility index (Phi) is 7.84. The van der Waals surface area contributed by atoms with Gasteiger partial charge in [-0.25, -0.2) is 17.6 Å². The number of hydrogen-bond acceptors (Lipinski definition) is 9. The molecule has 4 aliphatic rings. The van der Waals surface area contributed by atoms with Gasteiger partial charge in [-0.05, 0) is 43.5 Å². The second kappa shape index (κ2) is 11.6. The van der Waals surface area contributed by atoms with Gasteiger partial charge < -0.3 is 20.1 Å². The van der Waals surface area contributed by atoms with Crippen molar-refractivity contribution in [3.05, 3.63) is 41.0 Å². The first kappa shape index (κ1) is 31.6. The van der Waals surface area contributed by atoms with Crippen molar-refractivity contribution < 1.29 is 40.2 Å². The molecule has 0 aliphatic carbocycles. The number of nitrogens with two attached hydrogens (primary N) is 1. The first-order chi connectivity index (χ1) is 22.4. The summed E-state index contributed by atoms with van der Waals surface area (Å²) in [4.78, 5) is 11.8. The number of rotatable bonds is 3. The molecule has 4 aliphatic heterocycles. The van der Waals surface area contributed by atoms with Crippen molar-refractivity contribution in [1.29, 1.82) is 5.26 Å². The molecule has 0 amide bonds. The number of benzene rings is 2. The van der Waals surface area contributed by atoms with Gasteiger partial charge in [0.1, 0.15) is 40.5 Å². The van der Waals surface area contributed by atoms with Crippen molar-refractivity contribution >= 4 is 43.1 Å². The highest BCUT2D eigenvalue weighted by Crippen LogP contribution is 2.48. The van der Waals surface area contributed by atoms with Gasteiger partial charge in [0.2, 0.25) is 0 Å². The van der Waals surface area contributed by atoms with Crippen LogP contribution >= 0.6 is 11.3 Å². The molecule has 6 heterocycles. The van der Waals surface area contributed by atoms with E-state index < -0.39 is 58.9 Å². The van der Waals surface area contributed by atoms with Crippen molar-refractivity contribution in [3.63, 3.8) is 0 Å². The zero-order chi connectivity index (χ0) is 33.4. The molecule has 2 N–H and O–H groups in total. The lowest BCUT2D eigenvalue weighted by atomic mass is 9.92. The quantitative estimate of drug-likeness (QED) is 0.249. The molecule has 0 spiro atoms. The fraction of sp³-hybridized carbons (Fsp3) is 0.452. The zero-order valence-electron chi connectivity index (χ0n) is 24.8. The molecule has 5 unspecified atom stereocenters. The number of ether oxygens (including phenoxy) is 2. The maximum atomic E-state index is 16.3. The van der Waals surface area contributed by atoms with Gasteiger partial charge in [-0.1, -0.05) is 6.07 Å². The largest absolute Gasteiger partial charge is 0.467 e. The number of methoxy groups -OCH3 is 1. The van der Waals surface area contributed by atoms with Crippen LogP contribution in [-0.2, 0) is 10.9 Å². The summed E-state index contributed by atoms with van der Waals surface area (Å²) in [5, 5.41) is 8.91. The van der Waals surface area contributed by atoms with Crippen LogP contribution in [0.2, 0.25) is 0 Å². The third-order valence-corrected chi connectivity index (χ3v) is 10.3. The van der Waals surface area contributed by atoms with Gasteiger partial charge in [-0.15, -0.1) is 11.3 Å². The van der Waals surface area contributed by atoms with Crippen LogP contribution in [0, 0.1) is 23.0 Å². The number of thiophene rings is 1. The van der Waals surface area contributed by atoms with Crippen molar-refractivity contribution in [2.75, 3.05) is 44.0 Å². The molecule has 5 atom stereocenters. The van der Waals surface area contributed by atoms with Crippen molar-refractivity contribution in [2.24, 2.45) is 0 Å².